The van der Waals surface area contributed by atoms with Crippen LogP contribution in [0.2, 0.25) is 5.02 Å². The van der Waals surface area contributed by atoms with Crippen LogP contribution < -0.4 is 4.74 Å². The maximum Gasteiger partial charge on any atom is 0.417 e. The Morgan fingerprint density at radius 3 is 2.47 bits per heavy atom. The second-order valence-corrected chi connectivity index (χ2v) is 3.86. The van der Waals surface area contributed by atoms with Crippen LogP contribution in [0.15, 0.2) is 18.2 Å². The Balaban J connectivity index is 2.27. The van der Waals surface area contributed by atoms with E-state index in [0.717, 1.165) is 18.9 Å². The topological polar surface area (TPSA) is 9.23 Å². The molecule has 0 radical (unpaired) electrons. The van der Waals surface area contributed by atoms with Crippen LogP contribution in [-0.2, 0) is 6.18 Å². The molecule has 82 valence electrons. The maximum absolute atomic E-state index is 12.4. The normalized spacial score (nSPS) is 16.5. The molecule has 1 nitrogen and oxygen atoms in total. The molecule has 0 bridgehead atoms. The molecule has 0 aromatic heterocycles. The zero-order valence-electron chi connectivity index (χ0n) is 7.64. The molecule has 0 atom stereocenters. The SMILES string of the molecule is FC(F)(F)c1cc(OC2CC2)ccc1Cl. The van der Waals surface area contributed by atoms with Gasteiger partial charge in [-0.2, -0.15) is 13.2 Å². The largest absolute Gasteiger partial charge is 0.490 e. The molecule has 1 aliphatic carbocycles. The molecule has 0 unspecified atom stereocenters. The van der Waals surface area contributed by atoms with Gasteiger partial charge in [-0.15, -0.1) is 0 Å². The Bertz CT molecular complexity index is 371. The van der Waals surface area contributed by atoms with Crippen molar-refractivity contribution >= 4 is 11.6 Å². The monoisotopic (exact) mass is 236 g/mol. The van der Waals surface area contributed by atoms with Crippen LogP contribution in [-0.4, -0.2) is 6.10 Å². The minimum absolute atomic E-state index is 0.0762. The molecule has 0 saturated heterocycles. The number of benzene rings is 1. The van der Waals surface area contributed by atoms with Crippen molar-refractivity contribution in [2.75, 3.05) is 0 Å². The van der Waals surface area contributed by atoms with Gasteiger partial charge in [0.2, 0.25) is 0 Å². The van der Waals surface area contributed by atoms with Gasteiger partial charge in [-0.25, -0.2) is 0 Å². The van der Waals surface area contributed by atoms with E-state index in [1.54, 1.807) is 0 Å². The van der Waals surface area contributed by atoms with Crippen molar-refractivity contribution in [2.24, 2.45) is 0 Å². The predicted octanol–water partition coefficient (Wildman–Crippen LogP) is 3.90. The zero-order valence-corrected chi connectivity index (χ0v) is 8.40. The lowest BCUT2D eigenvalue weighted by Crippen LogP contribution is -2.06. The third-order valence-corrected chi connectivity index (χ3v) is 2.40. The van der Waals surface area contributed by atoms with E-state index >= 15 is 0 Å². The first-order valence-corrected chi connectivity index (χ1v) is 4.88. The first kappa shape index (κ1) is 10.6. The smallest absolute Gasteiger partial charge is 0.417 e. The Hall–Kier alpha value is -0.900. The van der Waals surface area contributed by atoms with E-state index in [2.05, 4.69) is 0 Å². The predicted molar refractivity (Wildman–Crippen MR) is 50.1 cm³/mol. The summed E-state index contributed by atoms with van der Waals surface area (Å²) >= 11 is 5.46. The van der Waals surface area contributed by atoms with E-state index in [9.17, 15) is 13.2 Å². The minimum Gasteiger partial charge on any atom is -0.490 e. The first-order chi connectivity index (χ1) is 6.97. The highest BCUT2D eigenvalue weighted by molar-refractivity contribution is 6.31. The van der Waals surface area contributed by atoms with E-state index < -0.39 is 11.7 Å². The highest BCUT2D eigenvalue weighted by Gasteiger charge is 2.34. The molecule has 0 aliphatic heterocycles. The minimum atomic E-state index is -4.43. The number of hydrogen-bond acceptors (Lipinski definition) is 1. The molecule has 1 aromatic carbocycles. The summed E-state index contributed by atoms with van der Waals surface area (Å²) in [6.07, 6.45) is -2.54. The molecule has 5 heteroatoms. The van der Waals surface area contributed by atoms with Crippen molar-refractivity contribution < 1.29 is 17.9 Å². The van der Waals surface area contributed by atoms with Crippen LogP contribution in [0.1, 0.15) is 18.4 Å². The van der Waals surface area contributed by atoms with Gasteiger partial charge in [0.05, 0.1) is 16.7 Å². The summed E-state index contributed by atoms with van der Waals surface area (Å²) < 4.78 is 42.6. The zero-order chi connectivity index (χ0) is 11.1. The quantitative estimate of drug-likeness (QED) is 0.757. The molecular formula is C10H8ClF3O. The average molecular weight is 237 g/mol. The second kappa shape index (κ2) is 3.59. The van der Waals surface area contributed by atoms with E-state index in [4.69, 9.17) is 16.3 Å². The number of rotatable bonds is 2. The lowest BCUT2D eigenvalue weighted by Gasteiger charge is -2.11. The van der Waals surface area contributed by atoms with Crippen LogP contribution in [0.25, 0.3) is 0 Å². The second-order valence-electron chi connectivity index (χ2n) is 3.46. The van der Waals surface area contributed by atoms with Gasteiger partial charge in [0.25, 0.3) is 0 Å². The van der Waals surface area contributed by atoms with Crippen molar-refractivity contribution in [1.29, 1.82) is 0 Å². The van der Waals surface area contributed by atoms with Crippen molar-refractivity contribution in [3.05, 3.63) is 28.8 Å². The van der Waals surface area contributed by atoms with Crippen LogP contribution in [0.5, 0.6) is 5.75 Å². The van der Waals surface area contributed by atoms with E-state index in [-0.39, 0.29) is 16.9 Å². The summed E-state index contributed by atoms with van der Waals surface area (Å²) in [4.78, 5) is 0. The van der Waals surface area contributed by atoms with Gasteiger partial charge in [-0.05, 0) is 31.0 Å². The standard InChI is InChI=1S/C10H8ClF3O/c11-9-4-3-7(15-6-1-2-6)5-8(9)10(12,13)14/h3-6H,1-2H2. The van der Waals surface area contributed by atoms with Crippen molar-refractivity contribution in [3.63, 3.8) is 0 Å². The summed E-state index contributed by atoms with van der Waals surface area (Å²) in [5.74, 6) is 0.231. The average Bonchev–Trinajstić information content (AvgIpc) is 2.90. The van der Waals surface area contributed by atoms with Crippen molar-refractivity contribution in [3.8, 4) is 5.75 Å². The molecular weight excluding hydrogens is 229 g/mol. The Morgan fingerprint density at radius 1 is 1.27 bits per heavy atom. The van der Waals surface area contributed by atoms with Gasteiger partial charge in [-0.1, -0.05) is 11.6 Å². The van der Waals surface area contributed by atoms with Gasteiger partial charge in [0.15, 0.2) is 0 Å². The number of hydrogen-bond donors (Lipinski definition) is 0. The molecule has 1 fully saturated rings. The fourth-order valence-electron chi connectivity index (χ4n) is 1.17. The number of alkyl halides is 3. The van der Waals surface area contributed by atoms with Crippen molar-refractivity contribution in [1.82, 2.24) is 0 Å². The van der Waals surface area contributed by atoms with Gasteiger partial charge in [0, 0.05) is 0 Å². The Labute approximate surface area is 89.8 Å². The van der Waals surface area contributed by atoms with Crippen LogP contribution >= 0.6 is 11.6 Å². The summed E-state index contributed by atoms with van der Waals surface area (Å²) in [5, 5.41) is -0.300. The third kappa shape index (κ3) is 2.56. The fourth-order valence-corrected chi connectivity index (χ4v) is 1.40. The van der Waals surface area contributed by atoms with Gasteiger partial charge >= 0.3 is 6.18 Å². The van der Waals surface area contributed by atoms with Gasteiger partial charge in [-0.3, -0.25) is 0 Å². The molecule has 0 N–H and O–H groups in total. The molecule has 1 saturated carbocycles. The molecule has 1 aromatic rings. The first-order valence-electron chi connectivity index (χ1n) is 4.50. The van der Waals surface area contributed by atoms with Crippen LogP contribution in [0.4, 0.5) is 13.2 Å². The maximum atomic E-state index is 12.4. The lowest BCUT2D eigenvalue weighted by molar-refractivity contribution is -0.137. The number of halogens is 4. The molecule has 0 amide bonds. The summed E-state index contributed by atoms with van der Waals surface area (Å²) in [5.41, 5.74) is -0.845. The van der Waals surface area contributed by atoms with E-state index in [1.165, 1.54) is 12.1 Å². The van der Waals surface area contributed by atoms with Crippen LogP contribution in [0, 0.1) is 0 Å². The molecule has 0 spiro atoms. The molecule has 2 rings (SSSR count). The molecule has 1 aliphatic rings. The van der Waals surface area contributed by atoms with Gasteiger partial charge in [0.1, 0.15) is 5.75 Å². The fraction of sp³-hybridized carbons (Fsp3) is 0.400. The van der Waals surface area contributed by atoms with Crippen LogP contribution in [0.3, 0.4) is 0 Å². The Morgan fingerprint density at radius 2 is 1.93 bits per heavy atom. The molecule has 0 heterocycles. The summed E-state index contributed by atoms with van der Waals surface area (Å²) in [7, 11) is 0. The Kier molecular flexibility index (Phi) is 2.54. The van der Waals surface area contributed by atoms with E-state index in [1.807, 2.05) is 0 Å². The van der Waals surface area contributed by atoms with Crippen molar-refractivity contribution in [2.45, 2.75) is 25.1 Å². The van der Waals surface area contributed by atoms with Gasteiger partial charge < -0.3 is 4.74 Å². The summed E-state index contributed by atoms with van der Waals surface area (Å²) in [6.45, 7) is 0. The van der Waals surface area contributed by atoms with E-state index in [0.29, 0.717) is 0 Å². The highest BCUT2D eigenvalue weighted by Crippen LogP contribution is 2.37. The highest BCUT2D eigenvalue weighted by atomic mass is 35.5. The lowest BCUT2D eigenvalue weighted by atomic mass is 10.2. The molecule has 15 heavy (non-hydrogen) atoms. The third-order valence-electron chi connectivity index (χ3n) is 2.07. The number of ether oxygens (including phenoxy) is 1. The summed E-state index contributed by atoms with van der Waals surface area (Å²) in [6, 6.07) is 3.61.